The van der Waals surface area contributed by atoms with Crippen LogP contribution in [0.5, 0.6) is 0 Å². The van der Waals surface area contributed by atoms with Gasteiger partial charge in [-0.05, 0) is 6.07 Å². The maximum atomic E-state index is 9.40. The van der Waals surface area contributed by atoms with Crippen molar-refractivity contribution in [2.24, 2.45) is 0 Å². The van der Waals surface area contributed by atoms with Crippen LogP contribution in [-0.2, 0) is 4.74 Å². The van der Waals surface area contributed by atoms with Crippen molar-refractivity contribution >= 4 is 0 Å². The Morgan fingerprint density at radius 2 is 2.55 bits per heavy atom. The molecule has 62 valence electrons. The minimum Gasteiger partial charge on any atom is -0.472 e. The normalized spacial score (nSPS) is 13.3. The van der Waals surface area contributed by atoms with Crippen LogP contribution in [0, 0.1) is 0 Å². The van der Waals surface area contributed by atoms with Gasteiger partial charge in [0.1, 0.15) is 0 Å². The molecule has 1 aromatic rings. The van der Waals surface area contributed by atoms with Gasteiger partial charge >= 0.3 is 0 Å². The summed E-state index contributed by atoms with van der Waals surface area (Å²) in [7, 11) is 1.61. The molecule has 1 rings (SSSR count). The van der Waals surface area contributed by atoms with E-state index in [-0.39, 0.29) is 0 Å². The van der Waals surface area contributed by atoms with Gasteiger partial charge in [0.15, 0.2) is 0 Å². The Labute approximate surface area is 65.6 Å². The molecule has 0 bridgehead atoms. The number of methoxy groups -OCH3 is 1. The molecule has 3 nitrogen and oxygen atoms in total. The van der Waals surface area contributed by atoms with E-state index in [1.54, 1.807) is 25.7 Å². The van der Waals surface area contributed by atoms with Crippen LogP contribution in [0.2, 0.25) is 0 Å². The lowest BCUT2D eigenvalue weighted by Crippen LogP contribution is -1.99. The van der Waals surface area contributed by atoms with Crippen molar-refractivity contribution < 1.29 is 14.3 Å². The van der Waals surface area contributed by atoms with E-state index in [1.807, 2.05) is 0 Å². The van der Waals surface area contributed by atoms with Gasteiger partial charge in [0, 0.05) is 25.7 Å². The first-order valence-electron chi connectivity index (χ1n) is 3.53. The molecular formula is C8H12O3. The molecule has 0 saturated carbocycles. The number of aliphatic hydroxyl groups is 1. The first-order chi connectivity index (χ1) is 5.34. The summed E-state index contributed by atoms with van der Waals surface area (Å²) in [6.45, 7) is 0.562. The number of hydrogen-bond acceptors (Lipinski definition) is 3. The highest BCUT2D eigenvalue weighted by atomic mass is 16.5. The Morgan fingerprint density at radius 1 is 1.73 bits per heavy atom. The number of rotatable bonds is 4. The molecule has 0 radical (unpaired) electrons. The Bertz CT molecular complexity index is 181. The predicted octanol–water partition coefficient (Wildman–Crippen LogP) is 1.35. The van der Waals surface area contributed by atoms with E-state index in [9.17, 15) is 5.11 Å². The summed E-state index contributed by atoms with van der Waals surface area (Å²) in [4.78, 5) is 0. The molecular weight excluding hydrogens is 144 g/mol. The fraction of sp³-hybridized carbons (Fsp3) is 0.500. The van der Waals surface area contributed by atoms with Crippen LogP contribution in [0.25, 0.3) is 0 Å². The van der Waals surface area contributed by atoms with Crippen molar-refractivity contribution in [3.8, 4) is 0 Å². The maximum absolute atomic E-state index is 9.40. The molecule has 1 heterocycles. The van der Waals surface area contributed by atoms with Crippen molar-refractivity contribution in [1.29, 1.82) is 0 Å². The smallest absolute Gasteiger partial charge is 0.0960 e. The molecule has 1 atom stereocenters. The van der Waals surface area contributed by atoms with Gasteiger partial charge < -0.3 is 14.3 Å². The van der Waals surface area contributed by atoms with Gasteiger partial charge in [0.05, 0.1) is 18.6 Å². The second kappa shape index (κ2) is 4.16. The zero-order valence-corrected chi connectivity index (χ0v) is 6.49. The highest BCUT2D eigenvalue weighted by Crippen LogP contribution is 2.15. The Balaban J connectivity index is 2.36. The van der Waals surface area contributed by atoms with Gasteiger partial charge in [0.2, 0.25) is 0 Å². The number of hydrogen-bond donors (Lipinski definition) is 1. The van der Waals surface area contributed by atoms with E-state index in [0.29, 0.717) is 13.0 Å². The van der Waals surface area contributed by atoms with E-state index >= 15 is 0 Å². The third kappa shape index (κ3) is 2.37. The summed E-state index contributed by atoms with van der Waals surface area (Å²) in [6, 6.07) is 1.75. The van der Waals surface area contributed by atoms with Crippen LogP contribution in [0.3, 0.4) is 0 Å². The highest BCUT2D eigenvalue weighted by Gasteiger charge is 2.06. The average molecular weight is 156 g/mol. The van der Waals surface area contributed by atoms with Gasteiger partial charge in [-0.25, -0.2) is 0 Å². The van der Waals surface area contributed by atoms with Crippen LogP contribution >= 0.6 is 0 Å². The van der Waals surface area contributed by atoms with Crippen molar-refractivity contribution in [3.63, 3.8) is 0 Å². The third-order valence-corrected chi connectivity index (χ3v) is 1.52. The van der Waals surface area contributed by atoms with Crippen LogP contribution in [0.4, 0.5) is 0 Å². The highest BCUT2D eigenvalue weighted by molar-refractivity contribution is 5.08. The van der Waals surface area contributed by atoms with E-state index in [2.05, 4.69) is 0 Å². The quantitative estimate of drug-likeness (QED) is 0.715. The van der Waals surface area contributed by atoms with Crippen molar-refractivity contribution in [2.45, 2.75) is 12.5 Å². The Hall–Kier alpha value is -0.800. The molecule has 0 aromatic carbocycles. The lowest BCUT2D eigenvalue weighted by Gasteiger charge is -2.05. The molecule has 0 aliphatic rings. The van der Waals surface area contributed by atoms with Crippen LogP contribution < -0.4 is 0 Å². The SMILES string of the molecule is COCCC(O)c1ccoc1. The molecule has 0 amide bonds. The predicted molar refractivity (Wildman–Crippen MR) is 40.2 cm³/mol. The summed E-state index contributed by atoms with van der Waals surface area (Å²) in [5.74, 6) is 0. The third-order valence-electron chi connectivity index (χ3n) is 1.52. The molecule has 3 heteroatoms. The largest absolute Gasteiger partial charge is 0.472 e. The van der Waals surface area contributed by atoms with Gasteiger partial charge in [-0.1, -0.05) is 0 Å². The van der Waals surface area contributed by atoms with Gasteiger partial charge in [-0.2, -0.15) is 0 Å². The average Bonchev–Trinajstić information content (AvgIpc) is 2.52. The first kappa shape index (κ1) is 8.30. The molecule has 1 unspecified atom stereocenters. The van der Waals surface area contributed by atoms with E-state index in [1.165, 1.54) is 0 Å². The topological polar surface area (TPSA) is 42.6 Å². The molecule has 1 aromatic heterocycles. The zero-order valence-electron chi connectivity index (χ0n) is 6.49. The molecule has 0 saturated heterocycles. The zero-order chi connectivity index (χ0) is 8.10. The van der Waals surface area contributed by atoms with Crippen molar-refractivity contribution in [2.75, 3.05) is 13.7 Å². The Morgan fingerprint density at radius 3 is 3.09 bits per heavy atom. The summed E-state index contributed by atoms with van der Waals surface area (Å²) in [6.07, 6.45) is 3.23. The van der Waals surface area contributed by atoms with Crippen molar-refractivity contribution in [3.05, 3.63) is 24.2 Å². The number of aliphatic hydroxyl groups excluding tert-OH is 1. The second-order valence-electron chi connectivity index (χ2n) is 2.35. The van der Waals surface area contributed by atoms with E-state index < -0.39 is 6.10 Å². The standard InChI is InChI=1S/C8H12O3/c1-10-4-3-8(9)7-2-5-11-6-7/h2,5-6,8-9H,3-4H2,1H3. The van der Waals surface area contributed by atoms with E-state index in [0.717, 1.165) is 5.56 Å². The van der Waals surface area contributed by atoms with Crippen LogP contribution in [-0.4, -0.2) is 18.8 Å². The Kier molecular flexibility index (Phi) is 3.14. The number of ether oxygens (including phenoxy) is 1. The van der Waals surface area contributed by atoms with Crippen LogP contribution in [0.1, 0.15) is 18.1 Å². The van der Waals surface area contributed by atoms with Crippen LogP contribution in [0.15, 0.2) is 23.0 Å². The monoisotopic (exact) mass is 156 g/mol. The summed E-state index contributed by atoms with van der Waals surface area (Å²) < 4.78 is 9.63. The summed E-state index contributed by atoms with van der Waals surface area (Å²) in [5.41, 5.74) is 0.807. The lowest BCUT2D eigenvalue weighted by atomic mass is 10.1. The first-order valence-corrected chi connectivity index (χ1v) is 3.53. The summed E-state index contributed by atoms with van der Waals surface area (Å²) >= 11 is 0. The summed E-state index contributed by atoms with van der Waals surface area (Å²) in [5, 5.41) is 9.40. The van der Waals surface area contributed by atoms with Gasteiger partial charge in [0.25, 0.3) is 0 Å². The molecule has 11 heavy (non-hydrogen) atoms. The molecule has 0 spiro atoms. The minimum absolute atomic E-state index is 0.464. The lowest BCUT2D eigenvalue weighted by molar-refractivity contribution is 0.110. The van der Waals surface area contributed by atoms with Crippen molar-refractivity contribution in [1.82, 2.24) is 0 Å². The fourth-order valence-electron chi connectivity index (χ4n) is 0.861. The molecule has 1 N–H and O–H groups in total. The molecule has 0 aliphatic heterocycles. The molecule has 0 fully saturated rings. The number of furan rings is 1. The molecule has 0 aliphatic carbocycles. The van der Waals surface area contributed by atoms with E-state index in [4.69, 9.17) is 9.15 Å². The van der Waals surface area contributed by atoms with Gasteiger partial charge in [-0.15, -0.1) is 0 Å². The second-order valence-corrected chi connectivity index (χ2v) is 2.35. The maximum Gasteiger partial charge on any atom is 0.0960 e. The van der Waals surface area contributed by atoms with Gasteiger partial charge in [-0.3, -0.25) is 0 Å². The fourth-order valence-corrected chi connectivity index (χ4v) is 0.861. The minimum atomic E-state index is -0.464.